The average Bonchev–Trinajstić information content (AvgIpc) is 2.78. The molecular formula is C27H34N4O5. The number of para-hydroxylation sites is 1. The second kappa shape index (κ2) is 12.6. The van der Waals surface area contributed by atoms with E-state index in [1.807, 2.05) is 12.1 Å². The van der Waals surface area contributed by atoms with E-state index in [0.29, 0.717) is 0 Å². The number of carbonyl (C=O) groups is 3. The van der Waals surface area contributed by atoms with E-state index in [9.17, 15) is 24.8 Å². The van der Waals surface area contributed by atoms with Crippen LogP contribution in [0.25, 0.3) is 0 Å². The first-order chi connectivity index (χ1) is 16.9. The van der Waals surface area contributed by atoms with Crippen LogP contribution in [0.5, 0.6) is 5.75 Å². The lowest BCUT2D eigenvalue weighted by Gasteiger charge is -2.33. The highest BCUT2D eigenvalue weighted by Crippen LogP contribution is 2.30. The van der Waals surface area contributed by atoms with Gasteiger partial charge in [0.05, 0.1) is 6.07 Å². The number of phenols is 1. The van der Waals surface area contributed by atoms with Gasteiger partial charge >= 0.3 is 6.09 Å². The molecule has 0 spiro atoms. The first kappa shape index (κ1) is 28.2. The first-order valence-corrected chi connectivity index (χ1v) is 11.7. The molecule has 0 aliphatic heterocycles. The molecule has 2 aromatic rings. The molecule has 0 bridgehead atoms. The van der Waals surface area contributed by atoms with Crippen LogP contribution in [0.1, 0.15) is 51.8 Å². The lowest BCUT2D eigenvalue weighted by molar-refractivity contribution is -0.142. The summed E-state index contributed by atoms with van der Waals surface area (Å²) in [6.07, 6.45) is -0.709. The number of hydrogen-bond acceptors (Lipinski definition) is 6. The van der Waals surface area contributed by atoms with Gasteiger partial charge in [-0.2, -0.15) is 5.26 Å². The predicted octanol–water partition coefficient (Wildman–Crippen LogP) is 3.45. The maximum Gasteiger partial charge on any atom is 0.408 e. The highest BCUT2D eigenvalue weighted by Gasteiger charge is 2.37. The van der Waals surface area contributed by atoms with E-state index in [1.54, 1.807) is 71.0 Å². The van der Waals surface area contributed by atoms with E-state index in [-0.39, 0.29) is 23.8 Å². The van der Waals surface area contributed by atoms with Crippen molar-refractivity contribution in [3.8, 4) is 11.8 Å². The summed E-state index contributed by atoms with van der Waals surface area (Å²) in [6, 6.07) is 14.4. The molecule has 192 valence electrons. The molecule has 0 aliphatic rings. The zero-order valence-corrected chi connectivity index (χ0v) is 21.3. The van der Waals surface area contributed by atoms with E-state index < -0.39 is 42.1 Å². The Kier molecular flexibility index (Phi) is 9.85. The Morgan fingerprint density at radius 3 is 2.19 bits per heavy atom. The van der Waals surface area contributed by atoms with Gasteiger partial charge in [-0.25, -0.2) is 4.79 Å². The van der Waals surface area contributed by atoms with Gasteiger partial charge in [0.15, 0.2) is 0 Å². The fourth-order valence-electron chi connectivity index (χ4n) is 3.61. The Labute approximate surface area is 212 Å². The second-order valence-electron chi connectivity index (χ2n) is 9.64. The molecule has 0 fully saturated rings. The molecule has 0 aliphatic carbocycles. The van der Waals surface area contributed by atoms with Crippen LogP contribution in [0.4, 0.5) is 4.79 Å². The molecule has 2 rings (SSSR count). The molecule has 0 radical (unpaired) electrons. The number of ether oxygens (including phenoxy) is 1. The number of carbonyl (C=O) groups excluding carboxylic acids is 3. The Bertz CT molecular complexity index is 1090. The highest BCUT2D eigenvalue weighted by molar-refractivity contribution is 5.93. The van der Waals surface area contributed by atoms with Gasteiger partial charge in [0.2, 0.25) is 11.8 Å². The number of amides is 3. The van der Waals surface area contributed by atoms with Crippen molar-refractivity contribution in [2.45, 2.75) is 64.8 Å². The summed E-state index contributed by atoms with van der Waals surface area (Å²) >= 11 is 0. The lowest BCUT2D eigenvalue weighted by atomic mass is 9.99. The number of phenolic OH excluding ortho intramolecular Hbond substituents is 1. The molecule has 0 saturated heterocycles. The van der Waals surface area contributed by atoms with Crippen molar-refractivity contribution in [2.75, 3.05) is 6.54 Å². The van der Waals surface area contributed by atoms with Gasteiger partial charge in [0, 0.05) is 18.0 Å². The Morgan fingerprint density at radius 2 is 1.64 bits per heavy atom. The van der Waals surface area contributed by atoms with Gasteiger partial charge in [-0.1, -0.05) is 48.5 Å². The summed E-state index contributed by atoms with van der Waals surface area (Å²) in [6.45, 7) is 8.18. The molecule has 3 amide bonds. The molecule has 9 heteroatoms. The van der Waals surface area contributed by atoms with Crippen LogP contribution in [0, 0.1) is 11.3 Å². The van der Waals surface area contributed by atoms with Crippen LogP contribution in [-0.2, 0) is 20.7 Å². The summed E-state index contributed by atoms with van der Waals surface area (Å²) < 4.78 is 5.36. The number of hydrogen-bond donors (Lipinski definition) is 3. The zero-order valence-electron chi connectivity index (χ0n) is 21.3. The SMILES string of the molecule is CC(C)NC(=O)C(c1ccccc1O)N(CC#N)C(=O)C(Cc1ccccc1)NC(=O)OC(C)(C)C. The lowest BCUT2D eigenvalue weighted by Crippen LogP contribution is -2.54. The number of alkyl carbamates (subject to hydrolysis) is 1. The normalized spacial score (nSPS) is 12.7. The van der Waals surface area contributed by atoms with E-state index in [4.69, 9.17) is 4.74 Å². The quantitative estimate of drug-likeness (QED) is 0.458. The van der Waals surface area contributed by atoms with Crippen molar-refractivity contribution < 1.29 is 24.2 Å². The maximum atomic E-state index is 13.9. The third-order valence-corrected chi connectivity index (χ3v) is 5.02. The van der Waals surface area contributed by atoms with Gasteiger partial charge in [-0.05, 0) is 46.2 Å². The largest absolute Gasteiger partial charge is 0.508 e. The fraction of sp³-hybridized carbons (Fsp3) is 0.407. The first-order valence-electron chi connectivity index (χ1n) is 11.7. The topological polar surface area (TPSA) is 132 Å². The van der Waals surface area contributed by atoms with Crippen molar-refractivity contribution in [3.05, 3.63) is 65.7 Å². The number of nitrogens with zero attached hydrogens (tertiary/aromatic N) is 2. The minimum absolute atomic E-state index is 0.0974. The van der Waals surface area contributed by atoms with E-state index >= 15 is 0 Å². The van der Waals surface area contributed by atoms with Gasteiger partial charge in [0.1, 0.15) is 30.0 Å². The molecule has 2 unspecified atom stereocenters. The Balaban J connectivity index is 2.53. The molecule has 2 atom stereocenters. The van der Waals surface area contributed by atoms with Crippen LogP contribution in [0.2, 0.25) is 0 Å². The number of benzene rings is 2. The third kappa shape index (κ3) is 8.31. The molecule has 9 nitrogen and oxygen atoms in total. The summed E-state index contributed by atoms with van der Waals surface area (Å²) in [5.74, 6) is -1.43. The molecule has 0 saturated carbocycles. The van der Waals surface area contributed by atoms with Gasteiger partial charge in [-0.3, -0.25) is 9.59 Å². The zero-order chi connectivity index (χ0) is 26.9. The van der Waals surface area contributed by atoms with E-state index in [2.05, 4.69) is 10.6 Å². The minimum atomic E-state index is -1.31. The Hall–Kier alpha value is -4.06. The van der Waals surface area contributed by atoms with Crippen molar-refractivity contribution in [1.29, 1.82) is 5.26 Å². The van der Waals surface area contributed by atoms with Crippen molar-refractivity contribution >= 4 is 17.9 Å². The number of aromatic hydroxyl groups is 1. The molecule has 3 N–H and O–H groups in total. The third-order valence-electron chi connectivity index (χ3n) is 5.02. The predicted molar refractivity (Wildman–Crippen MR) is 135 cm³/mol. The highest BCUT2D eigenvalue weighted by atomic mass is 16.6. The standard InChI is InChI=1S/C27H34N4O5/c1-18(2)29-24(33)23(20-13-9-10-14-22(20)32)31(16-15-28)25(34)21(17-19-11-7-6-8-12-19)30-26(35)36-27(3,4)5/h6-14,18,21,23,32H,16-17H2,1-5H3,(H,29,33)(H,30,35). The smallest absolute Gasteiger partial charge is 0.408 e. The minimum Gasteiger partial charge on any atom is -0.508 e. The van der Waals surface area contributed by atoms with Crippen LogP contribution < -0.4 is 10.6 Å². The average molecular weight is 495 g/mol. The van der Waals surface area contributed by atoms with Gasteiger partial charge in [0.25, 0.3) is 0 Å². The van der Waals surface area contributed by atoms with Gasteiger partial charge in [-0.15, -0.1) is 0 Å². The Morgan fingerprint density at radius 1 is 1.03 bits per heavy atom. The van der Waals surface area contributed by atoms with Crippen molar-refractivity contribution in [1.82, 2.24) is 15.5 Å². The number of nitrogens with one attached hydrogen (secondary N) is 2. The molecule has 36 heavy (non-hydrogen) atoms. The second-order valence-corrected chi connectivity index (χ2v) is 9.64. The summed E-state index contributed by atoms with van der Waals surface area (Å²) in [4.78, 5) is 40.9. The van der Waals surface area contributed by atoms with Crippen LogP contribution in [0.15, 0.2) is 54.6 Å². The molecule has 2 aromatic carbocycles. The monoisotopic (exact) mass is 494 g/mol. The van der Waals surface area contributed by atoms with Gasteiger partial charge < -0.3 is 25.4 Å². The summed E-state index contributed by atoms with van der Waals surface area (Å²) in [5.41, 5.74) is 0.122. The van der Waals surface area contributed by atoms with Crippen LogP contribution in [-0.4, -0.2) is 52.1 Å². The van der Waals surface area contributed by atoms with Crippen LogP contribution >= 0.6 is 0 Å². The van der Waals surface area contributed by atoms with E-state index in [1.165, 1.54) is 12.1 Å². The van der Waals surface area contributed by atoms with E-state index in [0.717, 1.165) is 10.5 Å². The maximum absolute atomic E-state index is 13.9. The molecular weight excluding hydrogens is 460 g/mol. The fourth-order valence-corrected chi connectivity index (χ4v) is 3.61. The molecule has 0 heterocycles. The van der Waals surface area contributed by atoms with Crippen molar-refractivity contribution in [2.24, 2.45) is 0 Å². The summed E-state index contributed by atoms with van der Waals surface area (Å²) in [5, 5.41) is 25.5. The van der Waals surface area contributed by atoms with Crippen molar-refractivity contribution in [3.63, 3.8) is 0 Å². The number of nitriles is 1. The van der Waals surface area contributed by atoms with Crippen LogP contribution in [0.3, 0.4) is 0 Å². The number of rotatable bonds is 9. The summed E-state index contributed by atoms with van der Waals surface area (Å²) in [7, 11) is 0. The molecule has 0 aromatic heterocycles.